The highest BCUT2D eigenvalue weighted by Crippen LogP contribution is 2.20. The first-order valence-electron chi connectivity index (χ1n) is 5.59. The monoisotopic (exact) mass is 301 g/mol. The van der Waals surface area contributed by atoms with Crippen LogP contribution in [0.15, 0.2) is 16.3 Å². The van der Waals surface area contributed by atoms with Crippen LogP contribution >= 0.6 is 11.3 Å². The molecule has 1 unspecified atom stereocenters. The van der Waals surface area contributed by atoms with E-state index in [1.807, 2.05) is 6.07 Å². The molecule has 1 N–H and O–H groups in total. The van der Waals surface area contributed by atoms with Crippen molar-refractivity contribution in [2.75, 3.05) is 13.6 Å². The Morgan fingerprint density at radius 3 is 2.68 bits per heavy atom. The van der Waals surface area contributed by atoms with Gasteiger partial charge in [-0.25, -0.2) is 8.42 Å². The van der Waals surface area contributed by atoms with Crippen molar-refractivity contribution in [3.63, 3.8) is 0 Å². The SMILES string of the molecule is CCN(C)C(=O)C(C)NS(=O)(=O)c1ccc(C#N)s1. The van der Waals surface area contributed by atoms with E-state index < -0.39 is 16.1 Å². The molecule has 1 rings (SSSR count). The van der Waals surface area contributed by atoms with Crippen LogP contribution in [0, 0.1) is 11.3 Å². The van der Waals surface area contributed by atoms with Crippen LogP contribution in [0.1, 0.15) is 18.7 Å². The number of carbonyl (C=O) groups is 1. The van der Waals surface area contributed by atoms with Gasteiger partial charge in [-0.1, -0.05) is 0 Å². The highest BCUT2D eigenvalue weighted by atomic mass is 32.2. The van der Waals surface area contributed by atoms with Crippen LogP contribution < -0.4 is 4.72 Å². The zero-order valence-electron chi connectivity index (χ0n) is 10.9. The number of likely N-dealkylation sites (N-methyl/N-ethyl adjacent to an activating group) is 1. The summed E-state index contributed by atoms with van der Waals surface area (Å²) in [6, 6.07) is 3.82. The molecule has 19 heavy (non-hydrogen) atoms. The van der Waals surface area contributed by atoms with Crippen molar-refractivity contribution in [1.82, 2.24) is 9.62 Å². The van der Waals surface area contributed by atoms with Gasteiger partial charge in [-0.15, -0.1) is 11.3 Å². The standard InChI is InChI=1S/C11H15N3O3S2/c1-4-14(3)11(15)8(2)13-19(16,17)10-6-5-9(7-12)18-10/h5-6,8,13H,4H2,1-3H3. The third kappa shape index (κ3) is 3.76. The Bertz CT molecular complexity index is 601. The molecule has 8 heteroatoms. The molecule has 1 aromatic heterocycles. The second-order valence-electron chi connectivity index (χ2n) is 3.93. The van der Waals surface area contributed by atoms with Gasteiger partial charge in [0, 0.05) is 13.6 Å². The van der Waals surface area contributed by atoms with Gasteiger partial charge in [-0.2, -0.15) is 9.98 Å². The zero-order valence-corrected chi connectivity index (χ0v) is 12.5. The number of nitrogens with zero attached hydrogens (tertiary/aromatic N) is 2. The molecule has 0 radical (unpaired) electrons. The van der Waals surface area contributed by atoms with Gasteiger partial charge in [-0.05, 0) is 26.0 Å². The number of sulfonamides is 1. The number of nitriles is 1. The fraction of sp³-hybridized carbons (Fsp3) is 0.455. The summed E-state index contributed by atoms with van der Waals surface area (Å²) in [4.78, 5) is 13.5. The summed E-state index contributed by atoms with van der Waals surface area (Å²) in [6.07, 6.45) is 0. The van der Waals surface area contributed by atoms with Gasteiger partial charge in [0.2, 0.25) is 5.91 Å². The predicted molar refractivity (Wildman–Crippen MR) is 72.1 cm³/mol. The van der Waals surface area contributed by atoms with Crippen LogP contribution in [-0.2, 0) is 14.8 Å². The molecule has 0 saturated carbocycles. The molecule has 6 nitrogen and oxygen atoms in total. The Morgan fingerprint density at radius 1 is 1.58 bits per heavy atom. The van der Waals surface area contributed by atoms with Crippen molar-refractivity contribution in [3.8, 4) is 6.07 Å². The summed E-state index contributed by atoms with van der Waals surface area (Å²) in [7, 11) is -2.16. The average Bonchev–Trinajstić information content (AvgIpc) is 2.85. The lowest BCUT2D eigenvalue weighted by Crippen LogP contribution is -2.45. The van der Waals surface area contributed by atoms with E-state index in [1.165, 1.54) is 24.0 Å². The van der Waals surface area contributed by atoms with Gasteiger partial charge >= 0.3 is 0 Å². The van der Waals surface area contributed by atoms with Crippen molar-refractivity contribution < 1.29 is 13.2 Å². The molecule has 0 saturated heterocycles. The van der Waals surface area contributed by atoms with Crippen LogP contribution in [-0.4, -0.2) is 38.9 Å². The molecule has 0 fully saturated rings. The number of amides is 1. The first-order valence-corrected chi connectivity index (χ1v) is 7.89. The van der Waals surface area contributed by atoms with E-state index in [9.17, 15) is 13.2 Å². The lowest BCUT2D eigenvalue weighted by Gasteiger charge is -2.20. The molecule has 1 amide bonds. The van der Waals surface area contributed by atoms with E-state index in [-0.39, 0.29) is 10.1 Å². The number of hydrogen-bond acceptors (Lipinski definition) is 5. The molecule has 0 aliphatic heterocycles. The van der Waals surface area contributed by atoms with Gasteiger partial charge in [0.1, 0.15) is 15.2 Å². The highest BCUT2D eigenvalue weighted by molar-refractivity contribution is 7.91. The Balaban J connectivity index is 2.86. The van der Waals surface area contributed by atoms with Crippen molar-refractivity contribution in [3.05, 3.63) is 17.0 Å². The molecule has 0 aliphatic rings. The van der Waals surface area contributed by atoms with Crippen LogP contribution in [0.25, 0.3) is 0 Å². The van der Waals surface area contributed by atoms with E-state index in [0.29, 0.717) is 11.4 Å². The second kappa shape index (κ2) is 6.14. The third-order valence-corrected chi connectivity index (χ3v) is 5.53. The van der Waals surface area contributed by atoms with Crippen molar-refractivity contribution in [2.24, 2.45) is 0 Å². The summed E-state index contributed by atoms with van der Waals surface area (Å²) >= 11 is 0.871. The van der Waals surface area contributed by atoms with Crippen LogP contribution in [0.2, 0.25) is 0 Å². The lowest BCUT2D eigenvalue weighted by atomic mass is 10.3. The Hall–Kier alpha value is -1.43. The molecule has 1 aromatic rings. The fourth-order valence-corrected chi connectivity index (χ4v) is 3.67. The molecule has 1 atom stereocenters. The predicted octanol–water partition coefficient (Wildman–Crippen LogP) is 0.765. The number of carbonyl (C=O) groups excluding carboxylic acids is 1. The smallest absolute Gasteiger partial charge is 0.250 e. The maximum atomic E-state index is 12.0. The first-order chi connectivity index (χ1) is 8.81. The molecule has 1 heterocycles. The Morgan fingerprint density at radius 2 is 2.21 bits per heavy atom. The normalized spacial score (nSPS) is 12.7. The molecular formula is C11H15N3O3S2. The number of hydrogen-bond donors (Lipinski definition) is 1. The molecule has 104 valence electrons. The first kappa shape index (κ1) is 15.6. The van der Waals surface area contributed by atoms with Crippen molar-refractivity contribution >= 4 is 27.3 Å². The van der Waals surface area contributed by atoms with Crippen LogP contribution in [0.4, 0.5) is 0 Å². The minimum Gasteiger partial charge on any atom is -0.345 e. The highest BCUT2D eigenvalue weighted by Gasteiger charge is 2.24. The summed E-state index contributed by atoms with van der Waals surface area (Å²) in [5, 5.41) is 8.68. The van der Waals surface area contributed by atoms with Gasteiger partial charge in [0.05, 0.1) is 6.04 Å². The fourth-order valence-electron chi connectivity index (χ4n) is 1.35. The Labute approximate surface area is 116 Å². The number of rotatable bonds is 5. The van der Waals surface area contributed by atoms with E-state index in [0.717, 1.165) is 11.3 Å². The molecule has 0 aliphatic carbocycles. The number of nitrogens with one attached hydrogen (secondary N) is 1. The average molecular weight is 301 g/mol. The molecule has 0 aromatic carbocycles. The second-order valence-corrected chi connectivity index (χ2v) is 6.95. The van der Waals surface area contributed by atoms with Gasteiger partial charge in [0.15, 0.2) is 0 Å². The quantitative estimate of drug-likeness (QED) is 0.869. The van der Waals surface area contributed by atoms with Crippen LogP contribution in [0.5, 0.6) is 0 Å². The summed E-state index contributed by atoms with van der Waals surface area (Å²) in [6.45, 7) is 3.80. The summed E-state index contributed by atoms with van der Waals surface area (Å²) in [5.41, 5.74) is 0. The topological polar surface area (TPSA) is 90.3 Å². The Kier molecular flexibility index (Phi) is 5.05. The zero-order chi connectivity index (χ0) is 14.6. The van der Waals surface area contributed by atoms with Gasteiger partial charge in [-0.3, -0.25) is 4.79 Å². The van der Waals surface area contributed by atoms with Crippen molar-refractivity contribution in [2.45, 2.75) is 24.1 Å². The lowest BCUT2D eigenvalue weighted by molar-refractivity contribution is -0.131. The van der Waals surface area contributed by atoms with E-state index in [2.05, 4.69) is 4.72 Å². The van der Waals surface area contributed by atoms with Gasteiger partial charge in [0.25, 0.3) is 10.0 Å². The summed E-state index contributed by atoms with van der Waals surface area (Å²) in [5.74, 6) is -0.303. The minimum atomic E-state index is -3.77. The van der Waals surface area contributed by atoms with Crippen molar-refractivity contribution in [1.29, 1.82) is 5.26 Å². The maximum Gasteiger partial charge on any atom is 0.250 e. The van der Waals surface area contributed by atoms with E-state index in [1.54, 1.807) is 14.0 Å². The third-order valence-electron chi connectivity index (χ3n) is 2.51. The molecule has 0 bridgehead atoms. The maximum absolute atomic E-state index is 12.0. The summed E-state index contributed by atoms with van der Waals surface area (Å²) < 4.78 is 26.4. The minimum absolute atomic E-state index is 0.0304. The molecular weight excluding hydrogens is 286 g/mol. The number of thiophene rings is 1. The molecule has 0 spiro atoms. The van der Waals surface area contributed by atoms with Gasteiger partial charge < -0.3 is 4.90 Å². The van der Waals surface area contributed by atoms with Crippen LogP contribution in [0.3, 0.4) is 0 Å². The van der Waals surface area contributed by atoms with E-state index in [4.69, 9.17) is 5.26 Å². The van der Waals surface area contributed by atoms with E-state index >= 15 is 0 Å². The largest absolute Gasteiger partial charge is 0.345 e.